The normalized spacial score (nSPS) is 42.6. The number of esters is 1. The molecule has 29 heavy (non-hydrogen) atoms. The molecule has 0 spiro atoms. The van der Waals surface area contributed by atoms with Crippen molar-refractivity contribution in [3.8, 4) is 0 Å². The molecule has 1 N–H and O–H groups in total. The molecule has 4 rings (SSSR count). The number of carbonyl (C=O) groups excluding carboxylic acids is 3. The van der Waals surface area contributed by atoms with Crippen LogP contribution >= 0.6 is 0 Å². The summed E-state index contributed by atoms with van der Waals surface area (Å²) >= 11 is 0. The fourth-order valence-electron chi connectivity index (χ4n) is 6.66. The van der Waals surface area contributed by atoms with Crippen LogP contribution < -0.4 is 0 Å². The molecule has 156 valence electrons. The number of rotatable bonds is 4. The summed E-state index contributed by atoms with van der Waals surface area (Å²) in [5.74, 6) is -0.168. The molecule has 7 unspecified atom stereocenters. The lowest BCUT2D eigenvalue weighted by atomic mass is 9.48. The minimum atomic E-state index is -0.566. The van der Waals surface area contributed by atoms with Crippen LogP contribution in [0, 0.1) is 34.5 Å². The van der Waals surface area contributed by atoms with Gasteiger partial charge in [0, 0.05) is 23.7 Å². The molecule has 0 aromatic rings. The van der Waals surface area contributed by atoms with Crippen LogP contribution in [0.3, 0.4) is 0 Å². The summed E-state index contributed by atoms with van der Waals surface area (Å²) in [6.07, 6.45) is 11.4. The highest BCUT2D eigenvalue weighted by Gasteiger charge is 2.61. The SMILES string of the molecule is CCC(=O)OCC(=O)C1CCC2C3C=CC4=CC(=O)C=CC4(C)C3C(O)CC12C. The Hall–Kier alpha value is -2.01. The van der Waals surface area contributed by atoms with Crippen molar-refractivity contribution in [1.82, 2.24) is 0 Å². The molecule has 5 heteroatoms. The average molecular weight is 398 g/mol. The van der Waals surface area contributed by atoms with E-state index in [1.165, 1.54) is 0 Å². The Morgan fingerprint density at radius 3 is 2.72 bits per heavy atom. The monoisotopic (exact) mass is 398 g/mol. The molecular formula is C24H30O5. The zero-order valence-corrected chi connectivity index (χ0v) is 17.4. The third-order valence-corrected chi connectivity index (χ3v) is 8.11. The second-order valence-electron chi connectivity index (χ2n) is 9.57. The first kappa shape index (κ1) is 20.3. The highest BCUT2D eigenvalue weighted by atomic mass is 16.5. The Kier molecular flexibility index (Phi) is 4.93. The summed E-state index contributed by atoms with van der Waals surface area (Å²) in [7, 11) is 0. The molecule has 7 atom stereocenters. The van der Waals surface area contributed by atoms with Crippen molar-refractivity contribution in [1.29, 1.82) is 0 Å². The van der Waals surface area contributed by atoms with Crippen LogP contribution in [0.15, 0.2) is 36.0 Å². The first-order valence-electron chi connectivity index (χ1n) is 10.7. The van der Waals surface area contributed by atoms with Gasteiger partial charge in [0.05, 0.1) is 6.10 Å². The van der Waals surface area contributed by atoms with Gasteiger partial charge in [-0.25, -0.2) is 0 Å². The number of Topliss-reactive ketones (excluding diaryl/α,β-unsaturated/α-hetero) is 1. The summed E-state index contributed by atoms with van der Waals surface area (Å²) in [6.45, 7) is 5.77. The molecular weight excluding hydrogens is 368 g/mol. The largest absolute Gasteiger partial charge is 0.458 e. The first-order chi connectivity index (χ1) is 13.7. The number of ether oxygens (including phenoxy) is 1. The zero-order chi connectivity index (χ0) is 21.0. The van der Waals surface area contributed by atoms with Crippen LogP contribution in [-0.2, 0) is 19.1 Å². The van der Waals surface area contributed by atoms with E-state index in [9.17, 15) is 19.5 Å². The quantitative estimate of drug-likeness (QED) is 0.736. The molecule has 0 radical (unpaired) electrons. The number of carbonyl (C=O) groups is 3. The predicted molar refractivity (Wildman–Crippen MR) is 108 cm³/mol. The lowest BCUT2D eigenvalue weighted by molar-refractivity contribution is -0.151. The van der Waals surface area contributed by atoms with E-state index in [0.29, 0.717) is 6.42 Å². The van der Waals surface area contributed by atoms with Crippen molar-refractivity contribution in [2.75, 3.05) is 6.61 Å². The van der Waals surface area contributed by atoms with E-state index in [1.807, 2.05) is 12.2 Å². The zero-order valence-electron chi connectivity index (χ0n) is 17.4. The number of allylic oxidation sites excluding steroid dienone is 6. The van der Waals surface area contributed by atoms with Gasteiger partial charge < -0.3 is 9.84 Å². The summed E-state index contributed by atoms with van der Waals surface area (Å²) in [4.78, 5) is 36.2. The minimum absolute atomic E-state index is 0.00653. The molecule has 0 heterocycles. The number of hydrogen-bond donors (Lipinski definition) is 1. The van der Waals surface area contributed by atoms with Gasteiger partial charge in [-0.2, -0.15) is 0 Å². The van der Waals surface area contributed by atoms with E-state index < -0.39 is 6.10 Å². The number of aliphatic hydroxyl groups is 1. The van der Waals surface area contributed by atoms with E-state index in [1.54, 1.807) is 19.1 Å². The van der Waals surface area contributed by atoms with Crippen LogP contribution in [-0.4, -0.2) is 35.4 Å². The maximum Gasteiger partial charge on any atom is 0.305 e. The van der Waals surface area contributed by atoms with E-state index in [-0.39, 0.29) is 65.1 Å². The van der Waals surface area contributed by atoms with Crippen LogP contribution in [0.4, 0.5) is 0 Å². The van der Waals surface area contributed by atoms with Crippen molar-refractivity contribution >= 4 is 17.5 Å². The van der Waals surface area contributed by atoms with Crippen molar-refractivity contribution in [2.24, 2.45) is 34.5 Å². The smallest absolute Gasteiger partial charge is 0.305 e. The van der Waals surface area contributed by atoms with Gasteiger partial charge >= 0.3 is 5.97 Å². The third kappa shape index (κ3) is 3.05. The third-order valence-electron chi connectivity index (χ3n) is 8.11. The minimum Gasteiger partial charge on any atom is -0.458 e. The maximum absolute atomic E-state index is 12.9. The standard InChI is InChI=1S/C24H30O5/c1-4-21(28)29-13-20(27)18-8-7-17-16-6-5-14-11-15(25)9-10-23(14,2)22(16)19(26)12-24(17,18)3/h5-6,9-11,16-19,22,26H,4,7-8,12-13H2,1-3H3. The van der Waals surface area contributed by atoms with E-state index >= 15 is 0 Å². The highest BCUT2D eigenvalue weighted by molar-refractivity contribution is 6.01. The first-order valence-corrected chi connectivity index (χ1v) is 10.7. The predicted octanol–water partition coefficient (Wildman–Crippen LogP) is 3.18. The second kappa shape index (κ2) is 7.05. The Morgan fingerprint density at radius 1 is 1.24 bits per heavy atom. The van der Waals surface area contributed by atoms with E-state index in [4.69, 9.17) is 4.74 Å². The van der Waals surface area contributed by atoms with Gasteiger partial charge in [0.25, 0.3) is 0 Å². The van der Waals surface area contributed by atoms with E-state index in [2.05, 4.69) is 19.9 Å². The Bertz CT molecular complexity index is 836. The molecule has 0 amide bonds. The van der Waals surface area contributed by atoms with Gasteiger partial charge in [-0.15, -0.1) is 0 Å². The van der Waals surface area contributed by atoms with Gasteiger partial charge in [-0.05, 0) is 54.2 Å². The Balaban J connectivity index is 1.62. The molecule has 0 aliphatic heterocycles. The molecule has 4 aliphatic rings. The molecule has 5 nitrogen and oxygen atoms in total. The number of hydrogen-bond acceptors (Lipinski definition) is 5. The van der Waals surface area contributed by atoms with Crippen LogP contribution in [0.5, 0.6) is 0 Å². The average Bonchev–Trinajstić information content (AvgIpc) is 3.02. The Labute approximate surface area is 171 Å². The topological polar surface area (TPSA) is 80.7 Å². The lowest BCUT2D eigenvalue weighted by Crippen LogP contribution is -2.55. The number of aliphatic hydroxyl groups excluding tert-OH is 1. The fraction of sp³-hybridized carbons (Fsp3) is 0.625. The lowest BCUT2D eigenvalue weighted by Gasteiger charge is -2.56. The Morgan fingerprint density at radius 2 is 2.00 bits per heavy atom. The number of fused-ring (bicyclic) bond motifs is 5. The summed E-state index contributed by atoms with van der Waals surface area (Å²) in [5, 5.41) is 11.3. The van der Waals surface area contributed by atoms with Gasteiger partial charge in [-0.1, -0.05) is 39.0 Å². The van der Waals surface area contributed by atoms with Crippen LogP contribution in [0.1, 0.15) is 46.5 Å². The van der Waals surface area contributed by atoms with Gasteiger partial charge in [-0.3, -0.25) is 14.4 Å². The van der Waals surface area contributed by atoms with Crippen LogP contribution in [0.2, 0.25) is 0 Å². The molecule has 0 bridgehead atoms. The molecule has 2 saturated carbocycles. The summed E-state index contributed by atoms with van der Waals surface area (Å²) in [6, 6.07) is 0. The van der Waals surface area contributed by atoms with Crippen LogP contribution in [0.25, 0.3) is 0 Å². The summed E-state index contributed by atoms with van der Waals surface area (Å²) in [5.41, 5.74) is 0.283. The molecule has 0 aromatic carbocycles. The van der Waals surface area contributed by atoms with Gasteiger partial charge in [0.2, 0.25) is 0 Å². The fourth-order valence-corrected chi connectivity index (χ4v) is 6.66. The molecule has 2 fully saturated rings. The van der Waals surface area contributed by atoms with Crippen molar-refractivity contribution in [3.05, 3.63) is 36.0 Å². The van der Waals surface area contributed by atoms with Crippen molar-refractivity contribution < 1.29 is 24.2 Å². The van der Waals surface area contributed by atoms with Gasteiger partial charge in [0.1, 0.15) is 6.61 Å². The molecule has 4 aliphatic carbocycles. The van der Waals surface area contributed by atoms with Crippen molar-refractivity contribution in [2.45, 2.75) is 52.6 Å². The highest BCUT2D eigenvalue weighted by Crippen LogP contribution is 2.64. The maximum atomic E-state index is 12.9. The molecule has 0 saturated heterocycles. The number of ketones is 2. The van der Waals surface area contributed by atoms with Gasteiger partial charge in [0.15, 0.2) is 11.6 Å². The molecule has 0 aromatic heterocycles. The van der Waals surface area contributed by atoms with E-state index in [0.717, 1.165) is 18.4 Å². The second-order valence-corrected chi connectivity index (χ2v) is 9.57. The van der Waals surface area contributed by atoms with Crippen molar-refractivity contribution in [3.63, 3.8) is 0 Å². The summed E-state index contributed by atoms with van der Waals surface area (Å²) < 4.78 is 5.11.